The van der Waals surface area contributed by atoms with Crippen molar-refractivity contribution < 1.29 is 17.9 Å². The topological polar surface area (TPSA) is 95.4 Å². The van der Waals surface area contributed by atoms with E-state index in [-0.39, 0.29) is 28.6 Å². The number of carbonyl (C=O) groups is 1. The summed E-state index contributed by atoms with van der Waals surface area (Å²) in [6, 6.07) is 18.1. The van der Waals surface area contributed by atoms with Gasteiger partial charge in [0.25, 0.3) is 17.2 Å². The van der Waals surface area contributed by atoms with Crippen molar-refractivity contribution >= 4 is 67.9 Å². The van der Waals surface area contributed by atoms with Gasteiger partial charge in [-0.05, 0) is 41.5 Å². The molecular weight excluding hydrogens is 579 g/mol. The first-order valence-electron chi connectivity index (χ1n) is 10.1. The van der Waals surface area contributed by atoms with Crippen molar-refractivity contribution in [3.05, 3.63) is 104 Å². The summed E-state index contributed by atoms with van der Waals surface area (Å²) in [6.45, 7) is 0.0349. The van der Waals surface area contributed by atoms with Gasteiger partial charge in [0, 0.05) is 22.5 Å². The second kappa shape index (κ2) is 11.4. The van der Waals surface area contributed by atoms with Gasteiger partial charge < -0.3 is 5.32 Å². The summed E-state index contributed by atoms with van der Waals surface area (Å²) in [5, 5.41) is 2.91. The lowest BCUT2D eigenvalue weighted by atomic mass is 10.1. The maximum Gasteiger partial charge on any atom is 0.268 e. The molecule has 12 heteroatoms. The number of benzene rings is 3. The molecule has 35 heavy (non-hydrogen) atoms. The third kappa shape index (κ3) is 6.11. The number of carbonyl (C=O) groups excluding carboxylic acids is 1. The molecule has 0 radical (unpaired) electrons. The maximum atomic E-state index is 13.3. The van der Waals surface area contributed by atoms with Crippen LogP contribution in [0.2, 0.25) is 5.02 Å². The SMILES string of the molecule is O=C(NCc1ccc(F)cc1Cl)c1ccc(Br)cc1N(c1nsnc1Cc1ccccc1)S(=O)O. The fraction of sp³-hybridized carbons (Fsp3) is 0.0870. The Morgan fingerprint density at radius 2 is 1.91 bits per heavy atom. The standard InChI is InChI=1S/C23H17BrClFN4O3S2/c24-16-7-9-18(23(31)27-13-15-6-8-17(26)12-19(15)25)21(11-16)30(35(32)33)22-20(28-34-29-22)10-14-4-2-1-3-5-14/h1-9,11-12H,10,13H2,(H,27,31)(H,32,33). The highest BCUT2D eigenvalue weighted by Crippen LogP contribution is 2.34. The van der Waals surface area contributed by atoms with Gasteiger partial charge in [0.1, 0.15) is 11.5 Å². The molecule has 1 atom stereocenters. The molecule has 1 unspecified atom stereocenters. The van der Waals surface area contributed by atoms with Crippen LogP contribution in [0, 0.1) is 5.82 Å². The average molecular weight is 596 g/mol. The highest BCUT2D eigenvalue weighted by molar-refractivity contribution is 9.10. The molecule has 0 aliphatic rings. The van der Waals surface area contributed by atoms with Crippen molar-refractivity contribution in [2.75, 3.05) is 4.31 Å². The normalized spacial score (nSPS) is 11.8. The van der Waals surface area contributed by atoms with E-state index in [0.717, 1.165) is 27.7 Å². The van der Waals surface area contributed by atoms with E-state index in [9.17, 15) is 17.9 Å². The van der Waals surface area contributed by atoms with Crippen LogP contribution in [0.4, 0.5) is 15.9 Å². The highest BCUT2D eigenvalue weighted by atomic mass is 79.9. The second-order valence-electron chi connectivity index (χ2n) is 7.30. The quantitative estimate of drug-likeness (QED) is 0.248. The molecule has 0 saturated carbocycles. The van der Waals surface area contributed by atoms with Crippen molar-refractivity contribution in [2.45, 2.75) is 13.0 Å². The predicted octanol–water partition coefficient (Wildman–Crippen LogP) is 5.89. The summed E-state index contributed by atoms with van der Waals surface area (Å²) in [5.41, 5.74) is 2.26. The van der Waals surface area contributed by atoms with Crippen LogP contribution < -0.4 is 9.62 Å². The lowest BCUT2D eigenvalue weighted by molar-refractivity contribution is 0.0951. The zero-order valence-corrected chi connectivity index (χ0v) is 21.8. The molecule has 1 heterocycles. The van der Waals surface area contributed by atoms with Gasteiger partial charge in [-0.25, -0.2) is 12.9 Å². The molecule has 0 aliphatic heterocycles. The van der Waals surface area contributed by atoms with Crippen LogP contribution >= 0.6 is 39.3 Å². The Bertz CT molecular complexity index is 1390. The number of halogens is 3. The first-order valence-corrected chi connectivity index (χ1v) is 13.1. The molecule has 0 aliphatic carbocycles. The Balaban J connectivity index is 1.67. The van der Waals surface area contributed by atoms with Crippen LogP contribution in [0.1, 0.15) is 27.2 Å². The number of amides is 1. The predicted molar refractivity (Wildman–Crippen MR) is 139 cm³/mol. The highest BCUT2D eigenvalue weighted by Gasteiger charge is 2.27. The van der Waals surface area contributed by atoms with Crippen LogP contribution in [0.3, 0.4) is 0 Å². The fourth-order valence-electron chi connectivity index (χ4n) is 3.33. The number of nitrogens with one attached hydrogen (secondary N) is 1. The summed E-state index contributed by atoms with van der Waals surface area (Å²) in [5.74, 6) is -0.825. The number of nitrogens with zero attached hydrogens (tertiary/aromatic N) is 3. The Morgan fingerprint density at radius 3 is 2.63 bits per heavy atom. The summed E-state index contributed by atoms with van der Waals surface area (Å²) in [7, 11) is 0. The van der Waals surface area contributed by atoms with E-state index in [1.807, 2.05) is 30.3 Å². The van der Waals surface area contributed by atoms with E-state index in [4.69, 9.17) is 11.6 Å². The van der Waals surface area contributed by atoms with E-state index >= 15 is 0 Å². The van der Waals surface area contributed by atoms with Gasteiger partial charge in [-0.1, -0.05) is 63.9 Å². The van der Waals surface area contributed by atoms with E-state index in [0.29, 0.717) is 22.2 Å². The first-order chi connectivity index (χ1) is 16.8. The van der Waals surface area contributed by atoms with Crippen LogP contribution in [0.25, 0.3) is 0 Å². The van der Waals surface area contributed by atoms with E-state index in [1.54, 1.807) is 12.1 Å². The molecule has 0 saturated heterocycles. The minimum absolute atomic E-state index is 0.0349. The number of anilines is 2. The molecule has 4 aromatic rings. The molecule has 3 aromatic carbocycles. The zero-order valence-electron chi connectivity index (χ0n) is 17.8. The van der Waals surface area contributed by atoms with Gasteiger partial charge in [0.05, 0.1) is 23.0 Å². The molecule has 0 spiro atoms. The van der Waals surface area contributed by atoms with Gasteiger partial charge in [0.15, 0.2) is 5.82 Å². The third-order valence-corrected chi connectivity index (χ3v) is 7.06. The summed E-state index contributed by atoms with van der Waals surface area (Å²) < 4.78 is 46.3. The number of rotatable bonds is 8. The van der Waals surface area contributed by atoms with Crippen molar-refractivity contribution in [1.82, 2.24) is 14.1 Å². The van der Waals surface area contributed by atoms with Crippen molar-refractivity contribution in [3.63, 3.8) is 0 Å². The van der Waals surface area contributed by atoms with Crippen LogP contribution in [0.5, 0.6) is 0 Å². The maximum absolute atomic E-state index is 13.3. The number of hydrogen-bond donors (Lipinski definition) is 2. The zero-order chi connectivity index (χ0) is 24.9. The van der Waals surface area contributed by atoms with E-state index in [2.05, 4.69) is 30.0 Å². The monoisotopic (exact) mass is 594 g/mol. The van der Waals surface area contributed by atoms with Crippen LogP contribution in [0.15, 0.2) is 71.2 Å². The number of hydrogen-bond acceptors (Lipinski definition) is 5. The van der Waals surface area contributed by atoms with E-state index in [1.165, 1.54) is 18.2 Å². The molecule has 0 bridgehead atoms. The molecule has 4 rings (SSSR count). The Kier molecular flexibility index (Phi) is 8.24. The van der Waals surface area contributed by atoms with Gasteiger partial charge in [0.2, 0.25) is 0 Å². The Hall–Kier alpha value is -2.70. The van der Waals surface area contributed by atoms with Crippen LogP contribution in [-0.2, 0) is 24.2 Å². The Morgan fingerprint density at radius 1 is 1.14 bits per heavy atom. The molecule has 180 valence electrons. The summed E-state index contributed by atoms with van der Waals surface area (Å²) in [6.07, 6.45) is 0.388. The van der Waals surface area contributed by atoms with Gasteiger partial charge in [-0.15, -0.1) is 0 Å². The molecule has 1 aromatic heterocycles. The Labute approximate surface area is 220 Å². The second-order valence-corrected chi connectivity index (χ2v) is 9.98. The fourth-order valence-corrected chi connectivity index (χ4v) is 5.13. The molecule has 1 amide bonds. The third-order valence-electron chi connectivity index (χ3n) is 4.98. The van der Waals surface area contributed by atoms with Crippen LogP contribution in [-0.4, -0.2) is 23.4 Å². The van der Waals surface area contributed by atoms with Crippen molar-refractivity contribution in [2.24, 2.45) is 0 Å². The minimum atomic E-state index is -2.56. The van der Waals surface area contributed by atoms with Crippen molar-refractivity contribution in [3.8, 4) is 0 Å². The molecule has 0 fully saturated rings. The van der Waals surface area contributed by atoms with Gasteiger partial charge in [-0.2, -0.15) is 8.75 Å². The lowest BCUT2D eigenvalue weighted by Gasteiger charge is -2.21. The smallest absolute Gasteiger partial charge is 0.268 e. The minimum Gasteiger partial charge on any atom is -0.348 e. The van der Waals surface area contributed by atoms with Gasteiger partial charge in [-0.3, -0.25) is 9.35 Å². The summed E-state index contributed by atoms with van der Waals surface area (Å²) >= 11 is 7.78. The van der Waals surface area contributed by atoms with Crippen molar-refractivity contribution in [1.29, 1.82) is 0 Å². The van der Waals surface area contributed by atoms with Gasteiger partial charge >= 0.3 is 0 Å². The lowest BCUT2D eigenvalue weighted by Crippen LogP contribution is -2.28. The first kappa shape index (κ1) is 25.4. The molecular formula is C23H17BrClFN4O3S2. The largest absolute Gasteiger partial charge is 0.348 e. The molecule has 2 N–H and O–H groups in total. The van der Waals surface area contributed by atoms with E-state index < -0.39 is 23.0 Å². The molecule has 7 nitrogen and oxygen atoms in total. The number of aromatic nitrogens is 2. The summed E-state index contributed by atoms with van der Waals surface area (Å²) in [4.78, 5) is 13.1. The average Bonchev–Trinajstić information content (AvgIpc) is 3.26.